The lowest BCUT2D eigenvalue weighted by Crippen LogP contribution is -2.15. The molecule has 0 fully saturated rings. The molecule has 1 heterocycles. The molecule has 0 aliphatic carbocycles. The minimum Gasteiger partial charge on any atom is -0.493 e. The molecule has 0 aliphatic heterocycles. The lowest BCUT2D eigenvalue weighted by atomic mass is 10.1. The number of allylic oxidation sites excluding steroid dienone is 3. The average molecular weight is 449 g/mol. The zero-order chi connectivity index (χ0) is 23.8. The van der Waals surface area contributed by atoms with E-state index in [1.54, 1.807) is 48.5 Å². The Morgan fingerprint density at radius 1 is 0.970 bits per heavy atom. The van der Waals surface area contributed by atoms with Gasteiger partial charge < -0.3 is 18.6 Å². The number of rotatable bonds is 9. The Morgan fingerprint density at radius 2 is 1.73 bits per heavy atom. The Hall–Kier alpha value is -3.80. The maximum absolute atomic E-state index is 12.8. The summed E-state index contributed by atoms with van der Waals surface area (Å²) in [7, 11) is 1.47. The van der Waals surface area contributed by atoms with Crippen molar-refractivity contribution in [3.05, 3.63) is 87.8 Å². The van der Waals surface area contributed by atoms with Crippen LogP contribution in [0.15, 0.2) is 81.0 Å². The summed E-state index contributed by atoms with van der Waals surface area (Å²) in [6.07, 6.45) is 5.89. The highest BCUT2D eigenvalue weighted by Crippen LogP contribution is 2.37. The van der Waals surface area contributed by atoms with Gasteiger partial charge in [0.1, 0.15) is 6.61 Å². The summed E-state index contributed by atoms with van der Waals surface area (Å²) in [4.78, 5) is 25.6. The van der Waals surface area contributed by atoms with E-state index < -0.39 is 11.6 Å². The highest BCUT2D eigenvalue weighted by Gasteiger charge is 2.23. The number of para-hydroxylation sites is 1. The zero-order valence-corrected chi connectivity index (χ0v) is 19.3. The number of benzene rings is 2. The molecular weight excluding hydrogens is 420 g/mol. The topological polar surface area (TPSA) is 75.0 Å². The Morgan fingerprint density at radius 3 is 2.42 bits per heavy atom. The van der Waals surface area contributed by atoms with E-state index in [9.17, 15) is 9.59 Å². The van der Waals surface area contributed by atoms with Gasteiger partial charge in [0.05, 0.1) is 18.1 Å². The first-order valence-electron chi connectivity index (χ1n) is 10.7. The molecule has 3 aromatic rings. The molecule has 6 heteroatoms. The number of ether oxygens (including phenoxy) is 3. The molecule has 6 nitrogen and oxygen atoms in total. The predicted molar refractivity (Wildman–Crippen MR) is 128 cm³/mol. The largest absolute Gasteiger partial charge is 0.493 e. The second-order valence-electron chi connectivity index (χ2n) is 7.82. The Bertz CT molecular complexity index is 1230. The summed E-state index contributed by atoms with van der Waals surface area (Å²) in [5.41, 5.74) is 2.18. The molecule has 0 unspecified atom stereocenters. The standard InChI is InChI=1S/C27H28O6/c1-18(2)10-8-11-19(3)16-17-31-25-24(33-26(28)20-12-6-5-7-13-20)21-14-9-15-22(30-4)23(21)32-27(25)29/h5-7,9-10,12-16H,8,11,17H2,1-4H3/b19-16+. The molecule has 0 atom stereocenters. The fraction of sp³-hybridized carbons (Fsp3) is 0.259. The van der Waals surface area contributed by atoms with E-state index in [1.165, 1.54) is 12.7 Å². The average Bonchev–Trinajstić information content (AvgIpc) is 2.80. The minimum atomic E-state index is -0.751. The Labute approximate surface area is 193 Å². The van der Waals surface area contributed by atoms with Gasteiger partial charge in [-0.1, -0.05) is 41.5 Å². The van der Waals surface area contributed by atoms with Gasteiger partial charge in [-0.25, -0.2) is 9.59 Å². The van der Waals surface area contributed by atoms with Gasteiger partial charge in [-0.05, 0) is 64.0 Å². The number of esters is 1. The second-order valence-corrected chi connectivity index (χ2v) is 7.82. The molecule has 0 N–H and O–H groups in total. The molecular formula is C27H28O6. The molecule has 3 rings (SSSR count). The molecule has 0 bridgehead atoms. The highest BCUT2D eigenvalue weighted by atomic mass is 16.6. The number of carbonyl (C=O) groups excluding carboxylic acids is 1. The molecule has 0 spiro atoms. The smallest absolute Gasteiger partial charge is 0.383 e. The Kier molecular flexibility index (Phi) is 8.08. The molecule has 0 saturated carbocycles. The van der Waals surface area contributed by atoms with Crippen LogP contribution in [-0.2, 0) is 0 Å². The molecule has 0 amide bonds. The van der Waals surface area contributed by atoms with Crippen molar-refractivity contribution in [1.29, 1.82) is 0 Å². The SMILES string of the molecule is COc1cccc2c(OC(=O)c3ccccc3)c(OC/C=C(\C)CCC=C(C)C)c(=O)oc12. The van der Waals surface area contributed by atoms with Crippen LogP contribution in [0.3, 0.4) is 0 Å². The van der Waals surface area contributed by atoms with E-state index in [0.717, 1.165) is 18.4 Å². The minimum absolute atomic E-state index is 0.00426. The van der Waals surface area contributed by atoms with Gasteiger partial charge in [-0.15, -0.1) is 0 Å². The van der Waals surface area contributed by atoms with Gasteiger partial charge in [-0.3, -0.25) is 0 Å². The van der Waals surface area contributed by atoms with Crippen molar-refractivity contribution >= 4 is 16.9 Å². The predicted octanol–water partition coefficient (Wildman–Crippen LogP) is 6.09. The lowest BCUT2D eigenvalue weighted by molar-refractivity contribution is 0.0730. The van der Waals surface area contributed by atoms with E-state index in [1.807, 2.05) is 13.0 Å². The van der Waals surface area contributed by atoms with Crippen molar-refractivity contribution in [2.45, 2.75) is 33.6 Å². The molecule has 0 radical (unpaired) electrons. The first-order chi connectivity index (χ1) is 15.9. The first-order valence-corrected chi connectivity index (χ1v) is 10.7. The van der Waals surface area contributed by atoms with Gasteiger partial charge >= 0.3 is 11.6 Å². The summed E-state index contributed by atoms with van der Waals surface area (Å²) in [6.45, 7) is 6.27. The van der Waals surface area contributed by atoms with E-state index in [2.05, 4.69) is 19.9 Å². The molecule has 0 saturated heterocycles. The van der Waals surface area contributed by atoms with Gasteiger partial charge in [0.15, 0.2) is 17.1 Å². The van der Waals surface area contributed by atoms with Crippen molar-refractivity contribution in [3.8, 4) is 17.2 Å². The first kappa shape index (κ1) is 23.9. The Balaban J connectivity index is 1.95. The van der Waals surface area contributed by atoms with E-state index in [4.69, 9.17) is 18.6 Å². The second kappa shape index (κ2) is 11.2. The third kappa shape index (κ3) is 6.13. The maximum Gasteiger partial charge on any atom is 0.383 e. The van der Waals surface area contributed by atoms with Crippen molar-refractivity contribution in [2.75, 3.05) is 13.7 Å². The van der Waals surface area contributed by atoms with Gasteiger partial charge in [0.2, 0.25) is 5.75 Å². The van der Waals surface area contributed by atoms with Crippen LogP contribution in [-0.4, -0.2) is 19.7 Å². The molecule has 172 valence electrons. The van der Waals surface area contributed by atoms with E-state index in [-0.39, 0.29) is 23.7 Å². The fourth-order valence-corrected chi connectivity index (χ4v) is 3.22. The van der Waals surface area contributed by atoms with Crippen LogP contribution in [0.25, 0.3) is 11.0 Å². The van der Waals surface area contributed by atoms with Crippen molar-refractivity contribution in [1.82, 2.24) is 0 Å². The summed E-state index contributed by atoms with van der Waals surface area (Å²) >= 11 is 0. The summed E-state index contributed by atoms with van der Waals surface area (Å²) in [6, 6.07) is 13.6. The lowest BCUT2D eigenvalue weighted by Gasteiger charge is -2.13. The van der Waals surface area contributed by atoms with Crippen LogP contribution in [0.4, 0.5) is 0 Å². The number of fused-ring (bicyclic) bond motifs is 1. The fourth-order valence-electron chi connectivity index (χ4n) is 3.22. The molecule has 2 aromatic carbocycles. The van der Waals surface area contributed by atoms with E-state index >= 15 is 0 Å². The van der Waals surface area contributed by atoms with Crippen LogP contribution in [0, 0.1) is 0 Å². The third-order valence-electron chi connectivity index (χ3n) is 4.98. The van der Waals surface area contributed by atoms with Crippen LogP contribution in [0.2, 0.25) is 0 Å². The number of hydrogen-bond acceptors (Lipinski definition) is 6. The number of carbonyl (C=O) groups is 1. The quantitative estimate of drug-likeness (QED) is 0.224. The van der Waals surface area contributed by atoms with E-state index in [0.29, 0.717) is 16.7 Å². The highest BCUT2D eigenvalue weighted by molar-refractivity contribution is 5.96. The molecule has 1 aromatic heterocycles. The third-order valence-corrected chi connectivity index (χ3v) is 4.98. The van der Waals surface area contributed by atoms with Crippen LogP contribution >= 0.6 is 0 Å². The summed E-state index contributed by atoms with van der Waals surface area (Å²) in [5.74, 6) is -0.412. The summed E-state index contributed by atoms with van der Waals surface area (Å²) < 4.78 is 22.2. The number of methoxy groups -OCH3 is 1. The van der Waals surface area contributed by atoms with Gasteiger partial charge in [0.25, 0.3) is 0 Å². The summed E-state index contributed by atoms with van der Waals surface area (Å²) in [5, 5.41) is 0.400. The van der Waals surface area contributed by atoms with Crippen LogP contribution in [0.5, 0.6) is 17.2 Å². The maximum atomic E-state index is 12.8. The van der Waals surface area contributed by atoms with Crippen LogP contribution in [0.1, 0.15) is 44.0 Å². The van der Waals surface area contributed by atoms with Gasteiger partial charge in [-0.2, -0.15) is 0 Å². The number of hydrogen-bond donors (Lipinski definition) is 0. The van der Waals surface area contributed by atoms with Crippen molar-refractivity contribution in [3.63, 3.8) is 0 Å². The van der Waals surface area contributed by atoms with Gasteiger partial charge in [0, 0.05) is 0 Å². The monoisotopic (exact) mass is 448 g/mol. The normalized spacial score (nSPS) is 11.2. The van der Waals surface area contributed by atoms with Crippen molar-refractivity contribution in [2.24, 2.45) is 0 Å². The van der Waals surface area contributed by atoms with Crippen LogP contribution < -0.4 is 19.8 Å². The molecule has 33 heavy (non-hydrogen) atoms. The molecule has 0 aliphatic rings. The van der Waals surface area contributed by atoms with Crippen molar-refractivity contribution < 1.29 is 23.4 Å². The zero-order valence-electron chi connectivity index (χ0n) is 19.3.